The number of amides is 1. The first-order valence-corrected chi connectivity index (χ1v) is 10.2. The van der Waals surface area contributed by atoms with Crippen molar-refractivity contribution in [1.29, 1.82) is 0 Å². The van der Waals surface area contributed by atoms with Gasteiger partial charge >= 0.3 is 0 Å². The molecule has 138 valence electrons. The molecule has 0 atom stereocenters. The van der Waals surface area contributed by atoms with Crippen molar-refractivity contribution in [3.8, 4) is 0 Å². The molecule has 27 heavy (non-hydrogen) atoms. The standard InChI is InChI=1S/C21H22N4OS/c1-15-8-7-12-19(23-15)24-21-25(17-10-3-2-4-11-17)20(26)18(27-21)14-16-9-5-6-13-22-16/h5-9,12-14,17H,2-4,10-11H2,1H3/b18-14-,24-21+. The van der Waals surface area contributed by atoms with Gasteiger partial charge in [-0.2, -0.15) is 0 Å². The molecule has 0 unspecified atom stereocenters. The van der Waals surface area contributed by atoms with E-state index < -0.39 is 0 Å². The summed E-state index contributed by atoms with van der Waals surface area (Å²) in [6.45, 7) is 1.95. The Morgan fingerprint density at radius 1 is 1.15 bits per heavy atom. The number of thioether (sulfide) groups is 1. The summed E-state index contributed by atoms with van der Waals surface area (Å²) in [6.07, 6.45) is 9.22. The first-order chi connectivity index (χ1) is 13.2. The van der Waals surface area contributed by atoms with Crippen LogP contribution in [-0.4, -0.2) is 32.0 Å². The van der Waals surface area contributed by atoms with Gasteiger partial charge in [0.15, 0.2) is 11.0 Å². The fourth-order valence-electron chi connectivity index (χ4n) is 3.51. The van der Waals surface area contributed by atoms with Gasteiger partial charge in [-0.05, 0) is 61.9 Å². The SMILES string of the molecule is Cc1cccc(/N=C2/S/C(=C\c3ccccn3)C(=O)N2C2CCCCC2)n1. The number of hydrogen-bond acceptors (Lipinski definition) is 5. The molecule has 1 aliphatic heterocycles. The van der Waals surface area contributed by atoms with Crippen LogP contribution in [-0.2, 0) is 4.79 Å². The molecule has 0 spiro atoms. The van der Waals surface area contributed by atoms with E-state index >= 15 is 0 Å². The lowest BCUT2D eigenvalue weighted by molar-refractivity contribution is -0.124. The summed E-state index contributed by atoms with van der Waals surface area (Å²) in [5, 5.41) is 0.729. The zero-order valence-electron chi connectivity index (χ0n) is 15.3. The van der Waals surface area contributed by atoms with Crippen LogP contribution in [0.3, 0.4) is 0 Å². The first-order valence-electron chi connectivity index (χ1n) is 9.37. The lowest BCUT2D eigenvalue weighted by atomic mass is 9.94. The topological polar surface area (TPSA) is 58.5 Å². The third-order valence-corrected chi connectivity index (χ3v) is 5.81. The minimum Gasteiger partial charge on any atom is -0.283 e. The molecule has 1 saturated heterocycles. The minimum atomic E-state index is 0.0314. The highest BCUT2D eigenvalue weighted by Gasteiger charge is 2.38. The largest absolute Gasteiger partial charge is 0.283 e. The maximum atomic E-state index is 13.2. The Labute approximate surface area is 163 Å². The molecule has 1 amide bonds. The minimum absolute atomic E-state index is 0.0314. The predicted molar refractivity (Wildman–Crippen MR) is 110 cm³/mol. The van der Waals surface area contributed by atoms with E-state index in [1.807, 2.05) is 54.3 Å². The van der Waals surface area contributed by atoms with Crippen molar-refractivity contribution in [2.45, 2.75) is 45.1 Å². The number of hydrogen-bond donors (Lipinski definition) is 0. The molecular weight excluding hydrogens is 356 g/mol. The Morgan fingerprint density at radius 3 is 2.74 bits per heavy atom. The smallest absolute Gasteiger partial charge is 0.267 e. The normalized spacial score (nSPS) is 21.4. The van der Waals surface area contributed by atoms with Crippen molar-refractivity contribution in [2.75, 3.05) is 0 Å². The summed E-state index contributed by atoms with van der Waals surface area (Å²) in [7, 11) is 0. The van der Waals surface area contributed by atoms with E-state index in [4.69, 9.17) is 4.99 Å². The van der Waals surface area contributed by atoms with Crippen molar-refractivity contribution < 1.29 is 4.79 Å². The molecule has 0 bridgehead atoms. The maximum Gasteiger partial charge on any atom is 0.267 e. The molecule has 3 heterocycles. The van der Waals surface area contributed by atoms with Crippen molar-refractivity contribution >= 4 is 34.7 Å². The second kappa shape index (κ2) is 8.05. The summed E-state index contributed by atoms with van der Waals surface area (Å²) in [5.41, 5.74) is 1.70. The second-order valence-electron chi connectivity index (χ2n) is 6.86. The number of aryl methyl sites for hydroxylation is 1. The molecule has 0 aromatic carbocycles. The molecule has 6 heteroatoms. The molecule has 2 aliphatic rings. The molecule has 0 radical (unpaired) electrons. The number of pyridine rings is 2. The molecule has 0 N–H and O–H groups in total. The lowest BCUT2D eigenvalue weighted by Crippen LogP contribution is -2.40. The van der Waals surface area contributed by atoms with Gasteiger partial charge in [0.05, 0.1) is 10.6 Å². The highest BCUT2D eigenvalue weighted by molar-refractivity contribution is 8.18. The second-order valence-corrected chi connectivity index (χ2v) is 7.87. The molecule has 5 nitrogen and oxygen atoms in total. The lowest BCUT2D eigenvalue weighted by Gasteiger charge is -2.30. The van der Waals surface area contributed by atoms with Crippen LogP contribution < -0.4 is 0 Å². The van der Waals surface area contributed by atoms with Crippen LogP contribution in [0.5, 0.6) is 0 Å². The fourth-order valence-corrected chi connectivity index (χ4v) is 4.54. The summed E-state index contributed by atoms with van der Waals surface area (Å²) in [4.78, 5) is 29.3. The molecular formula is C21H22N4OS. The van der Waals surface area contributed by atoms with Crippen molar-refractivity contribution in [3.05, 3.63) is 58.9 Å². The Bertz CT molecular complexity index is 888. The van der Waals surface area contributed by atoms with Crippen LogP contribution in [0.25, 0.3) is 6.08 Å². The summed E-state index contributed by atoms with van der Waals surface area (Å²) < 4.78 is 0. The van der Waals surface area contributed by atoms with E-state index in [-0.39, 0.29) is 11.9 Å². The third-order valence-electron chi connectivity index (χ3n) is 4.83. The van der Waals surface area contributed by atoms with E-state index in [1.165, 1.54) is 18.2 Å². The Kier molecular flexibility index (Phi) is 5.34. The van der Waals surface area contributed by atoms with Gasteiger partial charge in [-0.25, -0.2) is 9.98 Å². The van der Waals surface area contributed by atoms with Gasteiger partial charge in [0.2, 0.25) is 0 Å². The van der Waals surface area contributed by atoms with E-state index in [1.54, 1.807) is 6.20 Å². The van der Waals surface area contributed by atoms with Crippen LogP contribution in [0.4, 0.5) is 5.82 Å². The molecule has 2 aromatic rings. The molecule has 4 rings (SSSR count). The van der Waals surface area contributed by atoms with Gasteiger partial charge in [0.25, 0.3) is 5.91 Å². The molecule has 2 fully saturated rings. The summed E-state index contributed by atoms with van der Waals surface area (Å²) in [6, 6.07) is 11.7. The van der Waals surface area contributed by atoms with Crippen molar-refractivity contribution in [2.24, 2.45) is 4.99 Å². The highest BCUT2D eigenvalue weighted by atomic mass is 32.2. The van der Waals surface area contributed by atoms with Gasteiger partial charge < -0.3 is 0 Å². The van der Waals surface area contributed by atoms with Crippen LogP contribution in [0, 0.1) is 6.92 Å². The van der Waals surface area contributed by atoms with Crippen molar-refractivity contribution in [1.82, 2.24) is 14.9 Å². The summed E-state index contributed by atoms with van der Waals surface area (Å²) in [5.74, 6) is 0.675. The number of nitrogens with zero attached hydrogens (tertiary/aromatic N) is 4. The van der Waals surface area contributed by atoms with Gasteiger partial charge in [-0.1, -0.05) is 31.4 Å². The van der Waals surface area contributed by atoms with E-state index in [9.17, 15) is 4.79 Å². The zero-order valence-corrected chi connectivity index (χ0v) is 16.2. The Hall–Kier alpha value is -2.47. The fraction of sp³-hybridized carbons (Fsp3) is 0.333. The monoisotopic (exact) mass is 378 g/mol. The van der Waals surface area contributed by atoms with Crippen LogP contribution in [0.2, 0.25) is 0 Å². The van der Waals surface area contributed by atoms with Crippen molar-refractivity contribution in [3.63, 3.8) is 0 Å². The Morgan fingerprint density at radius 2 is 2.00 bits per heavy atom. The first kappa shape index (κ1) is 17.9. The van der Waals surface area contributed by atoms with Gasteiger partial charge in [0.1, 0.15) is 0 Å². The predicted octanol–water partition coefficient (Wildman–Crippen LogP) is 4.72. The van der Waals surface area contributed by atoms with E-state index in [0.29, 0.717) is 10.7 Å². The van der Waals surface area contributed by atoms with Crippen LogP contribution >= 0.6 is 11.8 Å². The van der Waals surface area contributed by atoms with Crippen LogP contribution in [0.1, 0.15) is 43.5 Å². The number of aromatic nitrogens is 2. The third kappa shape index (κ3) is 4.11. The van der Waals surface area contributed by atoms with Gasteiger partial charge in [0, 0.05) is 17.9 Å². The van der Waals surface area contributed by atoms with Gasteiger partial charge in [-0.3, -0.25) is 14.7 Å². The molecule has 2 aromatic heterocycles. The number of aliphatic imine (C=N–C) groups is 1. The average molecular weight is 379 g/mol. The number of carbonyl (C=O) groups excluding carboxylic acids is 1. The molecule has 1 aliphatic carbocycles. The number of carbonyl (C=O) groups is 1. The van der Waals surface area contributed by atoms with Crippen LogP contribution in [0.15, 0.2) is 52.5 Å². The quantitative estimate of drug-likeness (QED) is 0.725. The maximum absolute atomic E-state index is 13.2. The molecule has 1 saturated carbocycles. The van der Waals surface area contributed by atoms with E-state index in [2.05, 4.69) is 9.97 Å². The average Bonchev–Trinajstić information content (AvgIpc) is 2.98. The van der Waals surface area contributed by atoms with Gasteiger partial charge in [-0.15, -0.1) is 0 Å². The zero-order chi connectivity index (χ0) is 18.6. The summed E-state index contributed by atoms with van der Waals surface area (Å²) >= 11 is 1.42. The van der Waals surface area contributed by atoms with E-state index in [0.717, 1.165) is 42.2 Å². The highest BCUT2D eigenvalue weighted by Crippen LogP contribution is 2.38. The Balaban J connectivity index is 1.70. The number of rotatable bonds is 3. The number of amidine groups is 1.